The number of carbonyl (C=O) groups excluding carboxylic acids is 1. The number of benzene rings is 1. The van der Waals surface area contributed by atoms with Crippen LogP contribution in [0.5, 0.6) is 0 Å². The number of H-pyrrole nitrogens is 1. The Labute approximate surface area is 119 Å². The van der Waals surface area contributed by atoms with Gasteiger partial charge in [0.1, 0.15) is 0 Å². The molecule has 1 atom stereocenters. The molecular weight excluding hydrogens is 262 g/mol. The zero-order valence-corrected chi connectivity index (χ0v) is 12.0. The minimum absolute atomic E-state index is 0. The van der Waals surface area contributed by atoms with Gasteiger partial charge < -0.3 is 16.0 Å². The Kier molecular flexibility index (Phi) is 5.39. The molecule has 19 heavy (non-hydrogen) atoms. The number of aromatic amines is 1. The lowest BCUT2D eigenvalue weighted by atomic mass is 10.0. The Bertz CT molecular complexity index is 550. The van der Waals surface area contributed by atoms with Crippen LogP contribution in [0.4, 0.5) is 5.69 Å². The Hall–Kier alpha value is -1.52. The maximum Gasteiger partial charge on any atom is 0.241 e. The van der Waals surface area contributed by atoms with Crippen LogP contribution in [0.2, 0.25) is 0 Å². The van der Waals surface area contributed by atoms with Crippen molar-refractivity contribution in [3.8, 4) is 0 Å². The molecule has 1 aromatic heterocycles. The molecule has 0 aliphatic carbocycles. The molecule has 0 saturated carbocycles. The smallest absolute Gasteiger partial charge is 0.241 e. The van der Waals surface area contributed by atoms with E-state index in [1.165, 1.54) is 0 Å². The van der Waals surface area contributed by atoms with Gasteiger partial charge in [0.15, 0.2) is 0 Å². The molecule has 1 amide bonds. The number of halogens is 1. The predicted molar refractivity (Wildman–Crippen MR) is 81.6 cm³/mol. The number of carbonyl (C=O) groups is 1. The van der Waals surface area contributed by atoms with Crippen LogP contribution in [0, 0.1) is 5.92 Å². The van der Waals surface area contributed by atoms with E-state index in [0.717, 1.165) is 16.6 Å². The molecule has 0 spiro atoms. The van der Waals surface area contributed by atoms with Crippen LogP contribution < -0.4 is 11.1 Å². The Morgan fingerprint density at radius 3 is 2.79 bits per heavy atom. The first-order valence-electron chi connectivity index (χ1n) is 6.20. The molecule has 0 fully saturated rings. The fourth-order valence-corrected chi connectivity index (χ4v) is 2.03. The van der Waals surface area contributed by atoms with Crippen molar-refractivity contribution in [3.63, 3.8) is 0 Å². The van der Waals surface area contributed by atoms with Crippen LogP contribution in [-0.4, -0.2) is 16.9 Å². The molecular formula is C14H20ClN3O. The summed E-state index contributed by atoms with van der Waals surface area (Å²) in [6.45, 7) is 4.11. The molecule has 1 heterocycles. The zero-order chi connectivity index (χ0) is 13.1. The van der Waals surface area contributed by atoms with Crippen molar-refractivity contribution >= 4 is 34.9 Å². The quantitative estimate of drug-likeness (QED) is 0.806. The van der Waals surface area contributed by atoms with E-state index < -0.39 is 6.04 Å². The van der Waals surface area contributed by atoms with Crippen LogP contribution in [0.25, 0.3) is 10.9 Å². The van der Waals surface area contributed by atoms with Gasteiger partial charge in [-0.1, -0.05) is 19.9 Å². The normalized spacial score (nSPS) is 12.2. The third-order valence-corrected chi connectivity index (χ3v) is 2.91. The standard InChI is InChI=1S/C14H19N3O.ClH/c1-9(2)8-11(15)14(18)17-13-5-3-4-12-10(13)6-7-16-12;/h3-7,9,11,16H,8,15H2,1-2H3,(H,17,18);1H/t11-;/m0./s1. The second-order valence-electron chi connectivity index (χ2n) is 4.97. The summed E-state index contributed by atoms with van der Waals surface area (Å²) in [6.07, 6.45) is 2.54. The van der Waals surface area contributed by atoms with Gasteiger partial charge in [-0.2, -0.15) is 0 Å². The van der Waals surface area contributed by atoms with Crippen molar-refractivity contribution in [3.05, 3.63) is 30.5 Å². The fraction of sp³-hybridized carbons (Fsp3) is 0.357. The minimum atomic E-state index is -0.459. The molecule has 4 N–H and O–H groups in total. The van der Waals surface area contributed by atoms with Crippen LogP contribution in [0.15, 0.2) is 30.5 Å². The van der Waals surface area contributed by atoms with Gasteiger partial charge in [0.05, 0.1) is 11.7 Å². The molecule has 0 saturated heterocycles. The molecule has 104 valence electrons. The number of fused-ring (bicyclic) bond motifs is 1. The molecule has 2 rings (SSSR count). The van der Waals surface area contributed by atoms with Crippen molar-refractivity contribution in [1.29, 1.82) is 0 Å². The van der Waals surface area contributed by atoms with Gasteiger partial charge in [0.2, 0.25) is 5.91 Å². The van der Waals surface area contributed by atoms with Gasteiger partial charge in [-0.25, -0.2) is 0 Å². The molecule has 0 aliphatic heterocycles. The average Bonchev–Trinajstić information content (AvgIpc) is 2.77. The Morgan fingerprint density at radius 2 is 2.11 bits per heavy atom. The highest BCUT2D eigenvalue weighted by molar-refractivity contribution is 6.03. The van der Waals surface area contributed by atoms with E-state index in [4.69, 9.17) is 5.73 Å². The maximum absolute atomic E-state index is 12.0. The van der Waals surface area contributed by atoms with E-state index in [2.05, 4.69) is 24.1 Å². The highest BCUT2D eigenvalue weighted by Crippen LogP contribution is 2.22. The summed E-state index contributed by atoms with van der Waals surface area (Å²) >= 11 is 0. The molecule has 0 bridgehead atoms. The molecule has 2 aromatic rings. The molecule has 1 aromatic carbocycles. The number of nitrogens with two attached hydrogens (primary N) is 1. The number of hydrogen-bond donors (Lipinski definition) is 3. The first-order valence-corrected chi connectivity index (χ1v) is 6.20. The maximum atomic E-state index is 12.0. The average molecular weight is 282 g/mol. The second-order valence-corrected chi connectivity index (χ2v) is 4.97. The van der Waals surface area contributed by atoms with E-state index in [-0.39, 0.29) is 18.3 Å². The summed E-state index contributed by atoms with van der Waals surface area (Å²) in [7, 11) is 0. The second kappa shape index (κ2) is 6.59. The van der Waals surface area contributed by atoms with Gasteiger partial charge in [-0.15, -0.1) is 12.4 Å². The molecule has 0 aliphatic rings. The van der Waals surface area contributed by atoms with Crippen LogP contribution >= 0.6 is 12.4 Å². The summed E-state index contributed by atoms with van der Waals surface area (Å²) in [6, 6.07) is 7.25. The summed E-state index contributed by atoms with van der Waals surface area (Å²) in [5.74, 6) is 0.284. The number of nitrogens with one attached hydrogen (secondary N) is 2. The van der Waals surface area contributed by atoms with Crippen LogP contribution in [-0.2, 0) is 4.79 Å². The summed E-state index contributed by atoms with van der Waals surface area (Å²) in [4.78, 5) is 15.1. The number of rotatable bonds is 4. The van der Waals surface area contributed by atoms with Crippen LogP contribution in [0.3, 0.4) is 0 Å². The molecule has 0 radical (unpaired) electrons. The summed E-state index contributed by atoms with van der Waals surface area (Å²) < 4.78 is 0. The van der Waals surface area contributed by atoms with E-state index in [0.29, 0.717) is 12.3 Å². The van der Waals surface area contributed by atoms with Gasteiger partial charge >= 0.3 is 0 Å². The van der Waals surface area contributed by atoms with Crippen molar-refractivity contribution in [2.45, 2.75) is 26.3 Å². The number of hydrogen-bond acceptors (Lipinski definition) is 2. The lowest BCUT2D eigenvalue weighted by Crippen LogP contribution is -2.36. The van der Waals surface area contributed by atoms with Gasteiger partial charge in [-0.05, 0) is 30.5 Å². The van der Waals surface area contributed by atoms with Crippen molar-refractivity contribution in [2.75, 3.05) is 5.32 Å². The monoisotopic (exact) mass is 281 g/mol. The largest absolute Gasteiger partial charge is 0.361 e. The highest BCUT2D eigenvalue weighted by Gasteiger charge is 2.15. The first kappa shape index (κ1) is 15.5. The van der Waals surface area contributed by atoms with E-state index in [1.807, 2.05) is 30.5 Å². The Balaban J connectivity index is 0.00000180. The molecule has 5 heteroatoms. The number of aromatic nitrogens is 1. The van der Waals surface area contributed by atoms with Crippen molar-refractivity contribution in [1.82, 2.24) is 4.98 Å². The fourth-order valence-electron chi connectivity index (χ4n) is 2.03. The Morgan fingerprint density at radius 1 is 1.37 bits per heavy atom. The summed E-state index contributed by atoms with van der Waals surface area (Å²) in [5.41, 5.74) is 7.67. The van der Waals surface area contributed by atoms with Gasteiger partial charge in [0.25, 0.3) is 0 Å². The third-order valence-electron chi connectivity index (χ3n) is 2.91. The SMILES string of the molecule is CC(C)C[C@H](N)C(=O)Nc1cccc2[nH]ccc12.Cl. The van der Waals surface area contributed by atoms with Gasteiger partial charge in [-0.3, -0.25) is 4.79 Å². The van der Waals surface area contributed by atoms with Gasteiger partial charge in [0, 0.05) is 17.1 Å². The zero-order valence-electron chi connectivity index (χ0n) is 11.1. The topological polar surface area (TPSA) is 70.9 Å². The van der Waals surface area contributed by atoms with E-state index in [1.54, 1.807) is 0 Å². The summed E-state index contributed by atoms with van der Waals surface area (Å²) in [5, 5.41) is 3.89. The first-order chi connectivity index (χ1) is 8.58. The van der Waals surface area contributed by atoms with E-state index in [9.17, 15) is 4.79 Å². The lowest BCUT2D eigenvalue weighted by molar-refractivity contribution is -0.117. The minimum Gasteiger partial charge on any atom is -0.361 e. The lowest BCUT2D eigenvalue weighted by Gasteiger charge is -2.14. The number of anilines is 1. The predicted octanol–water partition coefficient (Wildman–Crippen LogP) is 2.90. The number of amides is 1. The molecule has 0 unspecified atom stereocenters. The van der Waals surface area contributed by atoms with Crippen molar-refractivity contribution in [2.24, 2.45) is 11.7 Å². The van der Waals surface area contributed by atoms with E-state index >= 15 is 0 Å². The highest BCUT2D eigenvalue weighted by atomic mass is 35.5. The van der Waals surface area contributed by atoms with Crippen molar-refractivity contribution < 1.29 is 4.79 Å². The van der Waals surface area contributed by atoms with Crippen LogP contribution in [0.1, 0.15) is 20.3 Å². The molecule has 4 nitrogen and oxygen atoms in total. The third kappa shape index (κ3) is 3.72.